The normalized spacial score (nSPS) is 77.6. The summed E-state index contributed by atoms with van der Waals surface area (Å²) >= 11 is 0. The van der Waals surface area contributed by atoms with Crippen molar-refractivity contribution in [2.24, 2.45) is 45.3 Å². The lowest BCUT2D eigenvalue weighted by Gasteiger charge is -3.06. The van der Waals surface area contributed by atoms with E-state index in [1.165, 1.54) is 12.8 Å². The van der Waals surface area contributed by atoms with Crippen LogP contribution in [0.3, 0.4) is 0 Å². The van der Waals surface area contributed by atoms with Crippen LogP contribution >= 0.6 is 0 Å². The minimum Gasteiger partial charge on any atom is -0.0648 e. The van der Waals surface area contributed by atoms with Crippen molar-refractivity contribution in [3.05, 3.63) is 0 Å². The van der Waals surface area contributed by atoms with Crippen LogP contribution in [-0.4, -0.2) is 0 Å². The largest absolute Gasteiger partial charge is 0.0648 e. The van der Waals surface area contributed by atoms with Crippen LogP contribution in [0.25, 0.3) is 0 Å². The molecule has 8 unspecified atom stereocenters. The molecule has 0 nitrogen and oxygen atoms in total. The Morgan fingerprint density at radius 1 is 0.938 bits per heavy atom. The monoisotopic (exact) mass is 218 g/mol. The van der Waals surface area contributed by atoms with Crippen LogP contribution in [0.2, 0.25) is 0 Å². The van der Waals surface area contributed by atoms with Crippen molar-refractivity contribution in [3.63, 3.8) is 0 Å². The van der Waals surface area contributed by atoms with Crippen LogP contribution in [0.4, 0.5) is 0 Å². The minimum atomic E-state index is 0.670. The van der Waals surface area contributed by atoms with Gasteiger partial charge in [0.25, 0.3) is 0 Å². The predicted molar refractivity (Wildman–Crippen MR) is 67.0 cm³/mol. The maximum absolute atomic E-state index is 2.63. The first-order valence-corrected chi connectivity index (χ1v) is 7.39. The van der Waals surface area contributed by atoms with Crippen LogP contribution in [0, 0.1) is 45.3 Å². The molecule has 0 bridgehead atoms. The maximum Gasteiger partial charge on any atom is -0.0175 e. The molecule has 0 aromatic rings. The molecule has 0 aliphatic heterocycles. The molecule has 16 heavy (non-hydrogen) atoms. The second kappa shape index (κ2) is 2.04. The summed E-state index contributed by atoms with van der Waals surface area (Å²) in [6, 6.07) is 0. The molecule has 4 aliphatic carbocycles. The molecule has 0 N–H and O–H groups in total. The van der Waals surface area contributed by atoms with Gasteiger partial charge in [-0.2, -0.15) is 0 Å². The summed E-state index contributed by atoms with van der Waals surface area (Å²) in [6.45, 7) is 15.3. The van der Waals surface area contributed by atoms with E-state index < -0.39 is 0 Å². The van der Waals surface area contributed by atoms with Crippen LogP contribution < -0.4 is 0 Å². The van der Waals surface area contributed by atoms with Gasteiger partial charge in [0.1, 0.15) is 0 Å². The smallest absolute Gasteiger partial charge is 0.0175 e. The van der Waals surface area contributed by atoms with Gasteiger partial charge in [0.2, 0.25) is 0 Å². The van der Waals surface area contributed by atoms with Crippen molar-refractivity contribution in [2.75, 3.05) is 0 Å². The fraction of sp³-hybridized carbons (Fsp3) is 1.00. The third kappa shape index (κ3) is 0.432. The van der Waals surface area contributed by atoms with Crippen molar-refractivity contribution in [1.82, 2.24) is 0 Å². The van der Waals surface area contributed by atoms with E-state index in [-0.39, 0.29) is 0 Å². The Hall–Kier alpha value is 0. The average molecular weight is 218 g/mol. The maximum atomic E-state index is 2.63. The van der Waals surface area contributed by atoms with Gasteiger partial charge in [-0.25, -0.2) is 0 Å². The second-order valence-corrected chi connectivity index (χ2v) is 7.92. The van der Waals surface area contributed by atoms with E-state index in [0.717, 1.165) is 29.1 Å². The molecule has 0 aromatic carbocycles. The molecule has 0 amide bonds. The molecule has 0 saturated heterocycles. The number of hydrogen-bond acceptors (Lipinski definition) is 0. The van der Waals surface area contributed by atoms with E-state index >= 15 is 0 Å². The Morgan fingerprint density at radius 2 is 1.56 bits per heavy atom. The molecule has 4 saturated carbocycles. The lowest BCUT2D eigenvalue weighted by molar-refractivity contribution is -0.599. The quantitative estimate of drug-likeness (QED) is 0.646. The third-order valence-electron chi connectivity index (χ3n) is 9.23. The van der Waals surface area contributed by atoms with Gasteiger partial charge in [0.15, 0.2) is 0 Å². The minimum absolute atomic E-state index is 0.670. The van der Waals surface area contributed by atoms with Crippen LogP contribution in [0.1, 0.15) is 54.4 Å². The van der Waals surface area contributed by atoms with E-state index in [4.69, 9.17) is 0 Å². The zero-order valence-corrected chi connectivity index (χ0v) is 11.7. The van der Waals surface area contributed by atoms with Gasteiger partial charge in [0, 0.05) is 0 Å². The molecule has 90 valence electrons. The number of fused-ring (bicyclic) bond motifs is 2. The highest BCUT2D eigenvalue weighted by Gasteiger charge is 3.02. The Kier molecular flexibility index (Phi) is 1.27. The first-order chi connectivity index (χ1) is 7.39. The third-order valence-corrected chi connectivity index (χ3v) is 9.23. The Balaban J connectivity index is 1.89. The second-order valence-electron chi connectivity index (χ2n) is 7.92. The molecule has 8 atom stereocenters. The van der Waals surface area contributed by atoms with Gasteiger partial charge in [-0.05, 0) is 58.2 Å². The van der Waals surface area contributed by atoms with Gasteiger partial charge in [-0.15, -0.1) is 0 Å². The van der Waals surface area contributed by atoms with Gasteiger partial charge in [-0.3, -0.25) is 0 Å². The molecule has 4 aliphatic rings. The molecular formula is C16H26. The van der Waals surface area contributed by atoms with Crippen molar-refractivity contribution in [1.29, 1.82) is 0 Å². The lowest BCUT2D eigenvalue weighted by Crippen LogP contribution is -3.03. The molecule has 0 aromatic heterocycles. The molecule has 0 heteroatoms. The Bertz CT molecular complexity index is 371. The summed E-state index contributed by atoms with van der Waals surface area (Å²) in [5.41, 5.74) is 2.85. The molecule has 0 heterocycles. The Morgan fingerprint density at radius 3 is 2.00 bits per heavy atom. The summed E-state index contributed by atoms with van der Waals surface area (Å²) in [7, 11) is 0. The molecule has 4 fully saturated rings. The topological polar surface area (TPSA) is 0 Å². The van der Waals surface area contributed by atoms with Crippen LogP contribution in [0.5, 0.6) is 0 Å². The van der Waals surface area contributed by atoms with E-state index in [2.05, 4.69) is 41.5 Å². The van der Waals surface area contributed by atoms with Gasteiger partial charge in [0.05, 0.1) is 0 Å². The van der Waals surface area contributed by atoms with E-state index in [1.807, 2.05) is 0 Å². The highest BCUT2D eigenvalue weighted by Crippen LogP contribution is 3.06. The van der Waals surface area contributed by atoms with E-state index in [0.29, 0.717) is 16.2 Å². The highest BCUT2D eigenvalue weighted by molar-refractivity contribution is 5.49. The fourth-order valence-corrected chi connectivity index (χ4v) is 8.38. The number of hydrogen-bond donors (Lipinski definition) is 0. The van der Waals surface area contributed by atoms with Crippen molar-refractivity contribution in [3.8, 4) is 0 Å². The summed E-state index contributed by atoms with van der Waals surface area (Å²) in [6.07, 6.45) is 2.85. The summed E-state index contributed by atoms with van der Waals surface area (Å²) in [5, 5.41) is 0. The number of rotatable bonds is 2. The van der Waals surface area contributed by atoms with Crippen molar-refractivity contribution in [2.45, 2.75) is 54.4 Å². The zero-order valence-electron chi connectivity index (χ0n) is 11.7. The molecule has 0 spiro atoms. The summed E-state index contributed by atoms with van der Waals surface area (Å²) in [5.74, 6) is 4.32. The van der Waals surface area contributed by atoms with Crippen LogP contribution in [-0.2, 0) is 0 Å². The van der Waals surface area contributed by atoms with Gasteiger partial charge >= 0.3 is 0 Å². The van der Waals surface area contributed by atoms with Crippen molar-refractivity contribution < 1.29 is 0 Å². The summed E-state index contributed by atoms with van der Waals surface area (Å²) < 4.78 is 0. The zero-order chi connectivity index (χ0) is 11.7. The standard InChI is InChI=1S/C16H26/c1-7-13(4)11-10-12-14(5,15(10,13)6)9(3)16(11,12)8-2/h9-12H,7-8H2,1-6H3. The summed E-state index contributed by atoms with van der Waals surface area (Å²) in [4.78, 5) is 0. The van der Waals surface area contributed by atoms with Gasteiger partial charge < -0.3 is 0 Å². The highest BCUT2D eigenvalue weighted by atomic mass is 15.1. The SMILES string of the molecule is CCC12C3C4C1C(C)(C2C)C4(C)C3(C)CC. The van der Waals surface area contributed by atoms with E-state index in [1.54, 1.807) is 0 Å². The average Bonchev–Trinajstić information content (AvgIpc) is 2.26. The Labute approximate surface area is 100 Å². The first-order valence-electron chi connectivity index (χ1n) is 7.39. The molecule has 4 rings (SSSR count). The van der Waals surface area contributed by atoms with Crippen molar-refractivity contribution >= 4 is 0 Å². The van der Waals surface area contributed by atoms with Gasteiger partial charge in [-0.1, -0.05) is 41.5 Å². The fourth-order valence-electron chi connectivity index (χ4n) is 8.38. The predicted octanol–water partition coefficient (Wildman–Crippen LogP) is 4.35. The van der Waals surface area contributed by atoms with E-state index in [9.17, 15) is 0 Å². The first kappa shape index (κ1) is 9.97. The molecular weight excluding hydrogens is 192 g/mol. The molecule has 0 radical (unpaired) electrons. The lowest BCUT2D eigenvalue weighted by atomic mass is 8.97. The van der Waals surface area contributed by atoms with Crippen LogP contribution in [0.15, 0.2) is 0 Å².